The molecule has 10 atom stereocenters. The van der Waals surface area contributed by atoms with E-state index in [4.69, 9.17) is 4.74 Å². The number of methoxy groups -OCH3 is 1. The van der Waals surface area contributed by atoms with E-state index in [1.165, 1.54) is 12.8 Å². The molecule has 0 bridgehead atoms. The lowest BCUT2D eigenvalue weighted by molar-refractivity contribution is -0.207. The maximum Gasteiger partial charge on any atom is 0.312 e. The van der Waals surface area contributed by atoms with Gasteiger partial charge in [-0.25, -0.2) is 0 Å². The number of hydrogen-bond donors (Lipinski definition) is 1. The number of aliphatic hydroxyl groups is 1. The van der Waals surface area contributed by atoms with Crippen LogP contribution in [-0.2, 0) is 9.53 Å². The van der Waals surface area contributed by atoms with Gasteiger partial charge in [0.05, 0.1) is 18.6 Å². The van der Waals surface area contributed by atoms with Crippen molar-refractivity contribution in [2.75, 3.05) is 7.11 Å². The van der Waals surface area contributed by atoms with E-state index in [1.54, 1.807) is 12.7 Å². The highest BCUT2D eigenvalue weighted by Gasteiger charge is 2.69. The molecule has 5 aliphatic carbocycles. The molecule has 0 saturated heterocycles. The predicted molar refractivity (Wildman–Crippen MR) is 137 cm³/mol. The third-order valence-electron chi connectivity index (χ3n) is 13.6. The first kappa shape index (κ1) is 24.8. The Hall–Kier alpha value is -0.830. The van der Waals surface area contributed by atoms with Gasteiger partial charge in [-0.15, -0.1) is 0 Å². The van der Waals surface area contributed by atoms with Crippen LogP contribution in [0.5, 0.6) is 0 Å². The SMILES string of the molecule is COC(=O)[C@]12CC[C@@H](C)[C@H](C)[C@@H]1C1=CC[C@H]3[C@@]4(C)CC[C@H](O)C(C)(C)[C@H]4CC[C@@]3(C)[C@]1(C)CC2. The van der Waals surface area contributed by atoms with Crippen molar-refractivity contribution in [1.82, 2.24) is 0 Å². The minimum absolute atomic E-state index is 0.0147. The molecule has 34 heavy (non-hydrogen) atoms. The van der Waals surface area contributed by atoms with Crippen molar-refractivity contribution >= 4 is 5.97 Å². The zero-order valence-corrected chi connectivity index (χ0v) is 23.2. The van der Waals surface area contributed by atoms with Gasteiger partial charge >= 0.3 is 5.97 Å². The van der Waals surface area contributed by atoms with Crippen LogP contribution in [0, 0.1) is 56.7 Å². The van der Waals surface area contributed by atoms with E-state index < -0.39 is 0 Å². The summed E-state index contributed by atoms with van der Waals surface area (Å²) in [6, 6.07) is 0. The Labute approximate surface area is 208 Å². The molecule has 0 spiro atoms. The number of ether oxygens (including phenoxy) is 1. The van der Waals surface area contributed by atoms with Gasteiger partial charge in [0.1, 0.15) is 0 Å². The van der Waals surface area contributed by atoms with Crippen LogP contribution in [0.3, 0.4) is 0 Å². The first-order valence-electron chi connectivity index (χ1n) is 14.3. The number of aliphatic hydroxyl groups excluding tert-OH is 1. The van der Waals surface area contributed by atoms with E-state index in [-0.39, 0.29) is 39.1 Å². The lowest BCUT2D eigenvalue weighted by atomic mass is 9.33. The lowest BCUT2D eigenvalue weighted by Gasteiger charge is -2.71. The molecule has 0 heterocycles. The third-order valence-corrected chi connectivity index (χ3v) is 13.6. The smallest absolute Gasteiger partial charge is 0.312 e. The fourth-order valence-corrected chi connectivity index (χ4v) is 11.0. The molecule has 3 nitrogen and oxygen atoms in total. The van der Waals surface area contributed by atoms with Crippen molar-refractivity contribution in [2.45, 2.75) is 112 Å². The Kier molecular flexibility index (Phi) is 5.55. The van der Waals surface area contributed by atoms with Gasteiger partial charge in [-0.2, -0.15) is 0 Å². The molecule has 3 heteroatoms. The second-order valence-electron chi connectivity index (χ2n) is 14.7. The Morgan fingerprint density at radius 3 is 2.32 bits per heavy atom. The summed E-state index contributed by atoms with van der Waals surface area (Å²) in [5, 5.41) is 10.9. The number of rotatable bonds is 1. The lowest BCUT2D eigenvalue weighted by Crippen LogP contribution is -2.65. The fraction of sp³-hybridized carbons (Fsp3) is 0.903. The van der Waals surface area contributed by atoms with Crippen LogP contribution < -0.4 is 0 Å². The molecule has 0 aromatic rings. The van der Waals surface area contributed by atoms with Crippen LogP contribution in [0.4, 0.5) is 0 Å². The predicted octanol–water partition coefficient (Wildman–Crippen LogP) is 7.18. The first-order valence-corrected chi connectivity index (χ1v) is 14.3. The minimum atomic E-state index is -0.326. The maximum atomic E-state index is 13.4. The Morgan fingerprint density at radius 2 is 1.65 bits per heavy atom. The molecule has 0 aromatic heterocycles. The largest absolute Gasteiger partial charge is 0.469 e. The number of carbonyl (C=O) groups is 1. The van der Waals surface area contributed by atoms with Gasteiger partial charge in [0.25, 0.3) is 0 Å². The van der Waals surface area contributed by atoms with Gasteiger partial charge in [0.2, 0.25) is 0 Å². The highest BCUT2D eigenvalue weighted by molar-refractivity contribution is 5.78. The van der Waals surface area contributed by atoms with Crippen LogP contribution in [0.1, 0.15) is 106 Å². The van der Waals surface area contributed by atoms with Crippen LogP contribution >= 0.6 is 0 Å². The maximum absolute atomic E-state index is 13.4. The summed E-state index contributed by atoms with van der Waals surface area (Å²) in [4.78, 5) is 13.4. The minimum Gasteiger partial charge on any atom is -0.469 e. The zero-order chi connectivity index (χ0) is 24.9. The van der Waals surface area contributed by atoms with Gasteiger partial charge in [-0.1, -0.05) is 60.1 Å². The Morgan fingerprint density at radius 1 is 0.941 bits per heavy atom. The van der Waals surface area contributed by atoms with E-state index in [1.807, 2.05) is 0 Å². The highest BCUT2D eigenvalue weighted by Crippen LogP contribution is 2.75. The van der Waals surface area contributed by atoms with E-state index in [0.717, 1.165) is 44.9 Å². The average Bonchev–Trinajstić information content (AvgIpc) is 2.79. The van der Waals surface area contributed by atoms with Crippen LogP contribution in [0.15, 0.2) is 11.6 Å². The molecular weight excluding hydrogens is 420 g/mol. The number of esters is 1. The van der Waals surface area contributed by atoms with Gasteiger partial charge < -0.3 is 9.84 Å². The summed E-state index contributed by atoms with van der Waals surface area (Å²) in [5.74, 6) is 2.73. The normalized spacial score (nSPS) is 54.0. The van der Waals surface area contributed by atoms with Crippen molar-refractivity contribution in [3.8, 4) is 0 Å². The van der Waals surface area contributed by atoms with Gasteiger partial charge in [-0.3, -0.25) is 4.79 Å². The molecule has 192 valence electrons. The molecule has 0 aliphatic heterocycles. The second kappa shape index (κ2) is 7.59. The number of fused-ring (bicyclic) bond motifs is 7. The van der Waals surface area contributed by atoms with Gasteiger partial charge in [0, 0.05) is 0 Å². The second-order valence-corrected chi connectivity index (χ2v) is 14.7. The number of allylic oxidation sites excluding steroid dienone is 2. The molecule has 4 fully saturated rings. The molecule has 0 unspecified atom stereocenters. The van der Waals surface area contributed by atoms with Crippen LogP contribution in [0.2, 0.25) is 0 Å². The molecular formula is C31H50O3. The van der Waals surface area contributed by atoms with Crippen LogP contribution in [-0.4, -0.2) is 24.3 Å². The summed E-state index contributed by atoms with van der Waals surface area (Å²) >= 11 is 0. The average molecular weight is 471 g/mol. The van der Waals surface area contributed by atoms with Crippen molar-refractivity contribution in [3.05, 3.63) is 11.6 Å². The van der Waals surface area contributed by atoms with E-state index in [2.05, 4.69) is 54.5 Å². The highest BCUT2D eigenvalue weighted by atomic mass is 16.5. The monoisotopic (exact) mass is 470 g/mol. The van der Waals surface area contributed by atoms with E-state index in [0.29, 0.717) is 29.6 Å². The summed E-state index contributed by atoms with van der Waals surface area (Å²) in [7, 11) is 1.60. The summed E-state index contributed by atoms with van der Waals surface area (Å²) in [6.45, 7) is 17.2. The Bertz CT molecular complexity index is 889. The summed E-state index contributed by atoms with van der Waals surface area (Å²) in [6.07, 6.45) is 12.3. The third kappa shape index (κ3) is 2.83. The van der Waals surface area contributed by atoms with Gasteiger partial charge in [0.15, 0.2) is 0 Å². The summed E-state index contributed by atoms with van der Waals surface area (Å²) < 4.78 is 5.51. The zero-order valence-electron chi connectivity index (χ0n) is 23.2. The topological polar surface area (TPSA) is 46.5 Å². The molecule has 0 radical (unpaired) electrons. The van der Waals surface area contributed by atoms with Gasteiger partial charge in [-0.05, 0) is 109 Å². The molecule has 0 amide bonds. The van der Waals surface area contributed by atoms with E-state index in [9.17, 15) is 9.90 Å². The molecule has 5 aliphatic rings. The molecule has 4 saturated carbocycles. The van der Waals surface area contributed by atoms with Crippen molar-refractivity contribution < 1.29 is 14.6 Å². The summed E-state index contributed by atoms with van der Waals surface area (Å²) in [5.41, 5.74) is 1.91. The molecule has 5 rings (SSSR count). The van der Waals surface area contributed by atoms with Crippen molar-refractivity contribution in [3.63, 3.8) is 0 Å². The fourth-order valence-electron chi connectivity index (χ4n) is 11.0. The molecule has 1 N–H and O–H groups in total. The van der Waals surface area contributed by atoms with Crippen molar-refractivity contribution in [2.24, 2.45) is 56.7 Å². The number of carbonyl (C=O) groups excluding carboxylic acids is 1. The van der Waals surface area contributed by atoms with Crippen molar-refractivity contribution in [1.29, 1.82) is 0 Å². The quantitative estimate of drug-likeness (QED) is 0.326. The van der Waals surface area contributed by atoms with Crippen LogP contribution in [0.25, 0.3) is 0 Å². The standard InChI is InChI=1S/C31H50O3/c1-19-11-16-31(26(33)34-8)18-17-29(6)21(25(31)20(19)2)9-10-23-28(5)14-13-24(32)27(3,4)22(28)12-15-30(23,29)7/h9,19-20,22-25,32H,10-18H2,1-8H3/t19-,20+,22-,23+,24+,25-,28+,29-,30-,31+/m1/s1. The van der Waals surface area contributed by atoms with E-state index >= 15 is 0 Å². The number of hydrogen-bond acceptors (Lipinski definition) is 3. The Balaban J connectivity index is 1.61. The molecule has 0 aromatic carbocycles. The first-order chi connectivity index (χ1) is 15.8.